The molecule has 0 aromatic heterocycles. The number of aliphatic imine (C=N–C) groups is 1. The summed E-state index contributed by atoms with van der Waals surface area (Å²) < 4.78 is 5.38. The maximum absolute atomic E-state index is 12.7. The summed E-state index contributed by atoms with van der Waals surface area (Å²) in [5.41, 5.74) is 5.13. The summed E-state index contributed by atoms with van der Waals surface area (Å²) in [6.07, 6.45) is 2.91. The van der Waals surface area contributed by atoms with E-state index in [9.17, 15) is 4.79 Å². The second kappa shape index (κ2) is 10.4. The summed E-state index contributed by atoms with van der Waals surface area (Å²) in [7, 11) is 0. The molecular formula is C25H31N3O2S. The van der Waals surface area contributed by atoms with E-state index >= 15 is 0 Å². The van der Waals surface area contributed by atoms with E-state index in [1.165, 1.54) is 16.0 Å². The van der Waals surface area contributed by atoms with E-state index in [0.29, 0.717) is 12.1 Å². The van der Waals surface area contributed by atoms with Gasteiger partial charge in [-0.15, -0.1) is 0 Å². The fourth-order valence-electron chi connectivity index (χ4n) is 3.97. The van der Waals surface area contributed by atoms with E-state index in [0.717, 1.165) is 68.4 Å². The first kappa shape index (κ1) is 22.1. The number of rotatable bonds is 7. The van der Waals surface area contributed by atoms with E-state index in [1.807, 2.05) is 18.2 Å². The molecule has 0 atom stereocenters. The van der Waals surface area contributed by atoms with Crippen LogP contribution in [-0.2, 0) is 4.74 Å². The van der Waals surface area contributed by atoms with Gasteiger partial charge in [0.05, 0.1) is 18.9 Å². The Morgan fingerprint density at radius 2 is 1.97 bits per heavy atom. The van der Waals surface area contributed by atoms with Gasteiger partial charge in [-0.2, -0.15) is 0 Å². The molecule has 0 unspecified atom stereocenters. The lowest BCUT2D eigenvalue weighted by molar-refractivity contribution is 0.0374. The van der Waals surface area contributed by atoms with Gasteiger partial charge in [0.15, 0.2) is 0 Å². The van der Waals surface area contributed by atoms with Crippen LogP contribution in [-0.4, -0.2) is 55.9 Å². The lowest BCUT2D eigenvalue weighted by atomic mass is 10.0. The Morgan fingerprint density at radius 3 is 2.77 bits per heavy atom. The highest BCUT2D eigenvalue weighted by Crippen LogP contribution is 2.41. The first-order valence-electron chi connectivity index (χ1n) is 11.2. The number of amides is 1. The van der Waals surface area contributed by atoms with Crippen LogP contribution in [0.5, 0.6) is 0 Å². The summed E-state index contributed by atoms with van der Waals surface area (Å²) in [6, 6.07) is 12.4. The number of morpholine rings is 1. The Kier molecular flexibility index (Phi) is 7.43. The Labute approximate surface area is 189 Å². The van der Waals surface area contributed by atoms with Crippen LogP contribution in [0.15, 0.2) is 51.2 Å². The third-order valence-corrected chi connectivity index (χ3v) is 6.81. The molecule has 1 amide bonds. The quantitative estimate of drug-likeness (QED) is 0.630. The van der Waals surface area contributed by atoms with E-state index in [4.69, 9.17) is 9.73 Å². The molecule has 2 aromatic rings. The van der Waals surface area contributed by atoms with Crippen LogP contribution in [0.2, 0.25) is 0 Å². The van der Waals surface area contributed by atoms with Gasteiger partial charge < -0.3 is 10.1 Å². The van der Waals surface area contributed by atoms with Gasteiger partial charge in [-0.3, -0.25) is 14.7 Å². The van der Waals surface area contributed by atoms with Crippen molar-refractivity contribution in [2.45, 2.75) is 42.9 Å². The fraction of sp³-hybridized carbons (Fsp3) is 0.440. The Bertz CT molecular complexity index is 967. The van der Waals surface area contributed by atoms with Crippen molar-refractivity contribution in [2.75, 3.05) is 39.4 Å². The van der Waals surface area contributed by atoms with Gasteiger partial charge in [0.1, 0.15) is 0 Å². The minimum Gasteiger partial charge on any atom is -0.379 e. The zero-order valence-electron chi connectivity index (χ0n) is 18.4. The number of benzene rings is 2. The predicted molar refractivity (Wildman–Crippen MR) is 127 cm³/mol. The Balaban J connectivity index is 1.45. The number of hydrogen-bond donors (Lipinski definition) is 1. The van der Waals surface area contributed by atoms with E-state index < -0.39 is 0 Å². The standard InChI is InChI=1S/C25H31N3O2S/c1-3-5-21-20-16-18(2)6-8-23(20)31-24-9-7-19(17-22(24)27-21)25(29)26-10-4-11-28-12-14-30-15-13-28/h6-9,16-17H,3-5,10-15H2,1-2H3,(H,26,29). The second-order valence-corrected chi connectivity index (χ2v) is 9.24. The van der Waals surface area contributed by atoms with Crippen LogP contribution >= 0.6 is 11.8 Å². The number of hydrogen-bond acceptors (Lipinski definition) is 5. The number of fused-ring (bicyclic) bond motifs is 2. The lowest BCUT2D eigenvalue weighted by Gasteiger charge is -2.26. The van der Waals surface area contributed by atoms with Gasteiger partial charge in [0.25, 0.3) is 5.91 Å². The topological polar surface area (TPSA) is 53.9 Å². The van der Waals surface area contributed by atoms with Crippen molar-refractivity contribution in [3.8, 4) is 0 Å². The number of carbonyl (C=O) groups excluding carboxylic acids is 1. The maximum atomic E-state index is 12.7. The molecule has 0 bridgehead atoms. The smallest absolute Gasteiger partial charge is 0.251 e. The average Bonchev–Trinajstić information content (AvgIpc) is 2.93. The van der Waals surface area contributed by atoms with Crippen LogP contribution in [0.4, 0.5) is 5.69 Å². The van der Waals surface area contributed by atoms with Crippen molar-refractivity contribution in [2.24, 2.45) is 4.99 Å². The molecule has 2 aliphatic rings. The van der Waals surface area contributed by atoms with Crippen LogP contribution in [0.3, 0.4) is 0 Å². The van der Waals surface area contributed by atoms with Crippen molar-refractivity contribution < 1.29 is 9.53 Å². The van der Waals surface area contributed by atoms with Gasteiger partial charge in [0.2, 0.25) is 0 Å². The van der Waals surface area contributed by atoms with Crippen LogP contribution in [0.1, 0.15) is 47.7 Å². The molecule has 0 radical (unpaired) electrons. The lowest BCUT2D eigenvalue weighted by Crippen LogP contribution is -2.38. The third kappa shape index (κ3) is 5.56. The zero-order chi connectivity index (χ0) is 21.6. The fourth-order valence-corrected chi connectivity index (χ4v) is 4.98. The molecule has 4 rings (SSSR count). The minimum absolute atomic E-state index is 0.0281. The molecule has 5 nitrogen and oxygen atoms in total. The summed E-state index contributed by atoms with van der Waals surface area (Å²) in [5, 5.41) is 3.07. The molecule has 2 aliphatic heterocycles. The highest BCUT2D eigenvalue weighted by molar-refractivity contribution is 7.99. The predicted octanol–water partition coefficient (Wildman–Crippen LogP) is 4.83. The normalized spacial score (nSPS) is 16.1. The molecule has 1 fully saturated rings. The molecule has 2 aromatic carbocycles. The Hall–Kier alpha value is -2.15. The zero-order valence-corrected chi connectivity index (χ0v) is 19.3. The molecule has 2 heterocycles. The second-order valence-electron chi connectivity index (χ2n) is 8.16. The molecule has 164 valence electrons. The number of aryl methyl sites for hydroxylation is 1. The van der Waals surface area contributed by atoms with Gasteiger partial charge in [-0.1, -0.05) is 36.7 Å². The SMILES string of the molecule is CCCC1=Nc2cc(C(=O)NCCCN3CCOCC3)ccc2Sc2ccc(C)cc21. The summed E-state index contributed by atoms with van der Waals surface area (Å²) in [4.78, 5) is 22.5. The average molecular weight is 438 g/mol. The highest BCUT2D eigenvalue weighted by atomic mass is 32.2. The first-order valence-corrected chi connectivity index (χ1v) is 12.0. The maximum Gasteiger partial charge on any atom is 0.251 e. The van der Waals surface area contributed by atoms with Crippen molar-refractivity contribution in [1.82, 2.24) is 10.2 Å². The molecule has 0 spiro atoms. The molecule has 0 saturated carbocycles. The molecule has 6 heteroatoms. The summed E-state index contributed by atoms with van der Waals surface area (Å²) >= 11 is 1.74. The van der Waals surface area contributed by atoms with E-state index in [-0.39, 0.29) is 5.91 Å². The Morgan fingerprint density at radius 1 is 1.16 bits per heavy atom. The third-order valence-electron chi connectivity index (χ3n) is 5.67. The molecule has 1 saturated heterocycles. The monoisotopic (exact) mass is 437 g/mol. The van der Waals surface area contributed by atoms with E-state index in [2.05, 4.69) is 42.3 Å². The molecule has 0 aliphatic carbocycles. The molecule has 31 heavy (non-hydrogen) atoms. The van der Waals surface area contributed by atoms with Crippen molar-refractivity contribution in [3.05, 3.63) is 53.1 Å². The molecule has 1 N–H and O–H groups in total. The minimum atomic E-state index is -0.0281. The number of carbonyl (C=O) groups is 1. The van der Waals surface area contributed by atoms with Crippen LogP contribution in [0, 0.1) is 6.92 Å². The van der Waals surface area contributed by atoms with Gasteiger partial charge in [0, 0.05) is 46.3 Å². The van der Waals surface area contributed by atoms with Gasteiger partial charge >= 0.3 is 0 Å². The highest BCUT2D eigenvalue weighted by Gasteiger charge is 2.19. The number of ether oxygens (including phenoxy) is 1. The van der Waals surface area contributed by atoms with Gasteiger partial charge in [-0.05, 0) is 56.6 Å². The van der Waals surface area contributed by atoms with Gasteiger partial charge in [-0.25, -0.2) is 0 Å². The number of nitrogens with zero attached hydrogens (tertiary/aromatic N) is 2. The van der Waals surface area contributed by atoms with Crippen LogP contribution < -0.4 is 5.32 Å². The van der Waals surface area contributed by atoms with E-state index in [1.54, 1.807) is 11.8 Å². The number of nitrogens with one attached hydrogen (secondary N) is 1. The van der Waals surface area contributed by atoms with Crippen LogP contribution in [0.25, 0.3) is 0 Å². The largest absolute Gasteiger partial charge is 0.379 e. The summed E-state index contributed by atoms with van der Waals surface area (Å²) in [6.45, 7) is 9.55. The van der Waals surface area contributed by atoms with Crippen molar-refractivity contribution in [3.63, 3.8) is 0 Å². The first-order chi connectivity index (χ1) is 15.1. The van der Waals surface area contributed by atoms with Crippen molar-refractivity contribution >= 4 is 29.1 Å². The summed E-state index contributed by atoms with van der Waals surface area (Å²) in [5.74, 6) is -0.0281. The molecular weight excluding hydrogens is 406 g/mol. The van der Waals surface area contributed by atoms with Crippen molar-refractivity contribution in [1.29, 1.82) is 0 Å².